The quantitative estimate of drug-likeness (QED) is 0.876. The van der Waals surface area contributed by atoms with Crippen LogP contribution in [0.25, 0.3) is 0 Å². The predicted octanol–water partition coefficient (Wildman–Crippen LogP) is 3.06. The second kappa shape index (κ2) is 5.35. The summed E-state index contributed by atoms with van der Waals surface area (Å²) >= 11 is 6.05. The van der Waals surface area contributed by atoms with E-state index in [2.05, 4.69) is 10.5 Å². The maximum absolute atomic E-state index is 11.6. The van der Waals surface area contributed by atoms with Crippen LogP contribution in [0, 0.1) is 0 Å². The van der Waals surface area contributed by atoms with Gasteiger partial charge in [0.05, 0.1) is 5.69 Å². The SMILES string of the molecule is O=C1CO/N=C(/c2ccccc2)c2cc(Cl)ccc2N1. The number of halogens is 1. The van der Waals surface area contributed by atoms with Crippen molar-refractivity contribution in [2.45, 2.75) is 0 Å². The van der Waals surface area contributed by atoms with Crippen LogP contribution in [0.15, 0.2) is 53.7 Å². The average molecular weight is 287 g/mol. The molecule has 1 heterocycles. The summed E-state index contributed by atoms with van der Waals surface area (Å²) in [4.78, 5) is 16.7. The number of benzene rings is 2. The minimum Gasteiger partial charge on any atom is -0.385 e. The van der Waals surface area contributed by atoms with E-state index in [0.717, 1.165) is 11.1 Å². The molecule has 0 spiro atoms. The van der Waals surface area contributed by atoms with Gasteiger partial charge < -0.3 is 10.2 Å². The molecule has 0 aliphatic carbocycles. The maximum Gasteiger partial charge on any atom is 0.265 e. The molecule has 0 aromatic heterocycles. The van der Waals surface area contributed by atoms with Crippen molar-refractivity contribution in [2.75, 3.05) is 11.9 Å². The van der Waals surface area contributed by atoms with Crippen LogP contribution in [-0.2, 0) is 9.63 Å². The van der Waals surface area contributed by atoms with Crippen LogP contribution in [-0.4, -0.2) is 18.2 Å². The van der Waals surface area contributed by atoms with E-state index < -0.39 is 0 Å². The Kier molecular flexibility index (Phi) is 3.39. The molecule has 2 aromatic carbocycles. The first-order chi connectivity index (χ1) is 9.74. The number of nitrogens with one attached hydrogen (secondary N) is 1. The summed E-state index contributed by atoms with van der Waals surface area (Å²) in [6, 6.07) is 14.9. The summed E-state index contributed by atoms with van der Waals surface area (Å²) in [5.41, 5.74) is 2.94. The second-order valence-electron chi connectivity index (χ2n) is 4.32. The Morgan fingerprint density at radius 2 is 1.95 bits per heavy atom. The zero-order chi connectivity index (χ0) is 13.9. The predicted molar refractivity (Wildman–Crippen MR) is 78.1 cm³/mol. The molecular formula is C15H11ClN2O2. The lowest BCUT2D eigenvalue weighted by Gasteiger charge is -2.16. The Morgan fingerprint density at radius 1 is 1.15 bits per heavy atom. The van der Waals surface area contributed by atoms with Crippen molar-refractivity contribution in [2.24, 2.45) is 5.16 Å². The van der Waals surface area contributed by atoms with Crippen molar-refractivity contribution in [1.29, 1.82) is 0 Å². The Hall–Kier alpha value is -2.33. The maximum atomic E-state index is 11.6. The van der Waals surface area contributed by atoms with E-state index in [-0.39, 0.29) is 12.5 Å². The van der Waals surface area contributed by atoms with Gasteiger partial charge in [-0.15, -0.1) is 0 Å². The molecule has 0 saturated heterocycles. The van der Waals surface area contributed by atoms with E-state index in [9.17, 15) is 4.79 Å². The van der Waals surface area contributed by atoms with Crippen molar-refractivity contribution in [3.63, 3.8) is 0 Å². The monoisotopic (exact) mass is 286 g/mol. The number of rotatable bonds is 1. The molecule has 0 saturated carbocycles. The minimum atomic E-state index is -0.246. The summed E-state index contributed by atoms with van der Waals surface area (Å²) in [5.74, 6) is -0.246. The molecule has 100 valence electrons. The van der Waals surface area contributed by atoms with Crippen LogP contribution < -0.4 is 5.32 Å². The third-order valence-electron chi connectivity index (χ3n) is 2.91. The highest BCUT2D eigenvalue weighted by Gasteiger charge is 2.18. The highest BCUT2D eigenvalue weighted by molar-refractivity contribution is 6.31. The van der Waals surface area contributed by atoms with Gasteiger partial charge in [0.15, 0.2) is 6.61 Å². The Labute approximate surface area is 121 Å². The number of anilines is 1. The number of carbonyl (C=O) groups excluding carboxylic acids is 1. The molecule has 3 rings (SSSR count). The van der Waals surface area contributed by atoms with Crippen LogP contribution in [0.4, 0.5) is 5.69 Å². The lowest BCUT2D eigenvalue weighted by molar-refractivity contribution is -0.120. The molecule has 0 atom stereocenters. The van der Waals surface area contributed by atoms with Gasteiger partial charge in [0.2, 0.25) is 0 Å². The van der Waals surface area contributed by atoms with Gasteiger partial charge in [-0.05, 0) is 18.2 Å². The van der Waals surface area contributed by atoms with Crippen molar-refractivity contribution < 1.29 is 9.63 Å². The fourth-order valence-corrected chi connectivity index (χ4v) is 2.19. The van der Waals surface area contributed by atoms with E-state index in [4.69, 9.17) is 16.4 Å². The third kappa shape index (κ3) is 2.51. The van der Waals surface area contributed by atoms with Crippen LogP contribution in [0.1, 0.15) is 11.1 Å². The highest BCUT2D eigenvalue weighted by atomic mass is 35.5. The first-order valence-corrected chi connectivity index (χ1v) is 6.47. The van der Waals surface area contributed by atoms with Gasteiger partial charge in [0.1, 0.15) is 5.71 Å². The molecule has 0 unspecified atom stereocenters. The lowest BCUT2D eigenvalue weighted by Crippen LogP contribution is -2.22. The summed E-state index contributed by atoms with van der Waals surface area (Å²) in [6.07, 6.45) is 0. The molecule has 0 bridgehead atoms. The number of nitrogens with zero attached hydrogens (tertiary/aromatic N) is 1. The molecule has 1 aliphatic heterocycles. The molecule has 1 amide bonds. The van der Waals surface area contributed by atoms with E-state index in [1.807, 2.05) is 30.3 Å². The molecule has 0 fully saturated rings. The molecule has 1 aliphatic rings. The van der Waals surface area contributed by atoms with Crippen molar-refractivity contribution >= 4 is 28.9 Å². The van der Waals surface area contributed by atoms with Crippen molar-refractivity contribution in [1.82, 2.24) is 0 Å². The van der Waals surface area contributed by atoms with Gasteiger partial charge in [0.25, 0.3) is 5.91 Å². The van der Waals surface area contributed by atoms with Gasteiger partial charge >= 0.3 is 0 Å². The number of hydrogen-bond donors (Lipinski definition) is 1. The molecular weight excluding hydrogens is 276 g/mol. The summed E-state index contributed by atoms with van der Waals surface area (Å²) < 4.78 is 0. The molecule has 4 nitrogen and oxygen atoms in total. The second-order valence-corrected chi connectivity index (χ2v) is 4.75. The fourth-order valence-electron chi connectivity index (χ4n) is 2.02. The normalized spacial score (nSPS) is 16.9. The van der Waals surface area contributed by atoms with Crippen LogP contribution in [0.5, 0.6) is 0 Å². The minimum absolute atomic E-state index is 0.113. The number of oxime groups is 1. The van der Waals surface area contributed by atoms with Gasteiger partial charge in [-0.1, -0.05) is 47.1 Å². The Morgan fingerprint density at radius 3 is 2.75 bits per heavy atom. The number of amides is 1. The topological polar surface area (TPSA) is 50.7 Å². The van der Waals surface area contributed by atoms with E-state index >= 15 is 0 Å². The zero-order valence-electron chi connectivity index (χ0n) is 10.5. The number of fused-ring (bicyclic) bond motifs is 1. The van der Waals surface area contributed by atoms with Gasteiger partial charge in [-0.25, -0.2) is 0 Å². The first kappa shape index (κ1) is 12.7. The van der Waals surface area contributed by atoms with E-state index in [1.54, 1.807) is 18.2 Å². The number of hydrogen-bond acceptors (Lipinski definition) is 3. The average Bonchev–Trinajstić information content (AvgIpc) is 2.45. The fraction of sp³-hybridized carbons (Fsp3) is 0.0667. The summed E-state index contributed by atoms with van der Waals surface area (Å²) in [6.45, 7) is -0.113. The van der Waals surface area contributed by atoms with E-state index in [0.29, 0.717) is 16.4 Å². The van der Waals surface area contributed by atoms with Crippen LogP contribution in [0.2, 0.25) is 5.02 Å². The molecule has 2 aromatic rings. The first-order valence-electron chi connectivity index (χ1n) is 6.09. The molecule has 5 heteroatoms. The Balaban J connectivity index is 2.17. The molecule has 1 N–H and O–H groups in total. The van der Waals surface area contributed by atoms with Crippen molar-refractivity contribution in [3.8, 4) is 0 Å². The standard InChI is InChI=1S/C15H11ClN2O2/c16-11-6-7-13-12(8-11)15(10-4-2-1-3-5-10)18-20-9-14(19)17-13/h1-8H,9H2,(H,17,19)/b18-15-. The molecule has 0 radical (unpaired) electrons. The van der Waals surface area contributed by atoms with Gasteiger partial charge in [0, 0.05) is 16.1 Å². The number of carbonyl (C=O) groups is 1. The third-order valence-corrected chi connectivity index (χ3v) is 3.14. The lowest BCUT2D eigenvalue weighted by atomic mass is 10.0. The largest absolute Gasteiger partial charge is 0.385 e. The molecule has 20 heavy (non-hydrogen) atoms. The summed E-state index contributed by atoms with van der Waals surface area (Å²) in [5, 5.41) is 7.44. The van der Waals surface area contributed by atoms with Crippen LogP contribution in [0.3, 0.4) is 0 Å². The van der Waals surface area contributed by atoms with Gasteiger partial charge in [-0.3, -0.25) is 4.79 Å². The smallest absolute Gasteiger partial charge is 0.265 e. The Bertz CT molecular complexity index is 684. The van der Waals surface area contributed by atoms with E-state index in [1.165, 1.54) is 0 Å². The summed E-state index contributed by atoms with van der Waals surface area (Å²) in [7, 11) is 0. The van der Waals surface area contributed by atoms with Crippen molar-refractivity contribution in [3.05, 3.63) is 64.7 Å². The zero-order valence-corrected chi connectivity index (χ0v) is 11.2. The van der Waals surface area contributed by atoms with Crippen LogP contribution >= 0.6 is 11.6 Å². The van der Waals surface area contributed by atoms with Gasteiger partial charge in [-0.2, -0.15) is 0 Å². The highest BCUT2D eigenvalue weighted by Crippen LogP contribution is 2.25.